The molecule has 0 radical (unpaired) electrons. The molecule has 0 aliphatic rings. The second-order valence-corrected chi connectivity index (χ2v) is 0. The summed E-state index contributed by atoms with van der Waals surface area (Å²) in [4.78, 5) is 0. The average Bonchev–Trinajstić information content (AvgIpc) is 1.81. The SMILES string of the molecule is [O]=[Pd].[O]=[Ru].[O]=[Y]. The summed E-state index contributed by atoms with van der Waals surface area (Å²) in [5.41, 5.74) is 0. The third-order valence-electron chi connectivity index (χ3n) is 0. The maximum absolute atomic E-state index is 8.38. The minimum absolute atomic E-state index is 0.100. The van der Waals surface area contributed by atoms with E-state index in [9.17, 15) is 0 Å². The van der Waals surface area contributed by atoms with Crippen molar-refractivity contribution in [2.45, 2.75) is 0 Å². The predicted molar refractivity (Wildman–Crippen MR) is 2.06 cm³/mol. The van der Waals surface area contributed by atoms with E-state index in [1.165, 1.54) is 19.2 Å². The monoisotopic (exact) mass is 345 g/mol. The number of hydrogen-bond donors (Lipinski definition) is 0. The Morgan fingerprint density at radius 1 is 1.17 bits per heavy atom. The molecule has 0 N–H and O–H groups in total. The van der Waals surface area contributed by atoms with Crippen LogP contribution in [0.1, 0.15) is 0 Å². The van der Waals surface area contributed by atoms with Gasteiger partial charge in [0.05, 0.1) is 0 Å². The van der Waals surface area contributed by atoms with Crippen LogP contribution in [-0.2, 0) is 77.5 Å². The minimum atomic E-state index is 0.100. The molecule has 0 aliphatic carbocycles. The van der Waals surface area contributed by atoms with E-state index in [0.717, 1.165) is 18.3 Å². The van der Waals surface area contributed by atoms with Gasteiger partial charge >= 0.3 is 77.5 Å². The van der Waals surface area contributed by atoms with Gasteiger partial charge in [0.25, 0.3) is 0 Å². The van der Waals surface area contributed by atoms with Gasteiger partial charge in [-0.25, -0.2) is 0 Å². The first-order valence-corrected chi connectivity index (χ1v) is 3.01. The van der Waals surface area contributed by atoms with Crippen LogP contribution in [0.5, 0.6) is 0 Å². The van der Waals surface area contributed by atoms with E-state index in [2.05, 4.69) is 0 Å². The van der Waals surface area contributed by atoms with Crippen LogP contribution in [0.2, 0.25) is 0 Å². The Morgan fingerprint density at radius 2 is 1.17 bits per heavy atom. The first-order valence-electron chi connectivity index (χ1n) is 0.509. The fourth-order valence-electron chi connectivity index (χ4n) is 0. The molecule has 39 valence electrons. The van der Waals surface area contributed by atoms with Crippen molar-refractivity contribution < 1.29 is 77.5 Å². The molecule has 0 atom stereocenters. The molecule has 0 amide bonds. The third-order valence-corrected chi connectivity index (χ3v) is 0. The zero-order valence-electron chi connectivity index (χ0n) is 2.47. The van der Waals surface area contributed by atoms with Crippen LogP contribution in [0.15, 0.2) is 0 Å². The summed E-state index contributed by atoms with van der Waals surface area (Å²) < 4.78 is 24.7. The first kappa shape index (κ1) is 15.7. The predicted octanol–water partition coefficient (Wildman–Crippen LogP) is -0.364. The molecule has 0 saturated carbocycles. The molecule has 0 aromatic heterocycles. The number of rotatable bonds is 0. The van der Waals surface area contributed by atoms with Gasteiger partial charge < -0.3 is 0 Å². The van der Waals surface area contributed by atoms with E-state index in [0.29, 0.717) is 0 Å². The van der Waals surface area contributed by atoms with Crippen molar-refractivity contribution in [1.29, 1.82) is 0 Å². The molecule has 0 saturated heterocycles. The molecule has 0 spiro atoms. The Morgan fingerprint density at radius 3 is 1.17 bits per heavy atom. The van der Waals surface area contributed by atoms with Gasteiger partial charge in [0.2, 0.25) is 0 Å². The van der Waals surface area contributed by atoms with Gasteiger partial charge in [0, 0.05) is 0 Å². The normalized spacial score (nSPS) is 2.83. The van der Waals surface area contributed by atoms with Gasteiger partial charge in [-0.15, -0.1) is 0 Å². The van der Waals surface area contributed by atoms with Crippen molar-refractivity contribution >= 4 is 0 Å². The topological polar surface area (TPSA) is 51.2 Å². The zero-order valence-corrected chi connectivity index (χ0v) is 8.60. The Bertz CT molecular complexity index is 15.5. The Hall–Kier alpha value is 1.79. The van der Waals surface area contributed by atoms with Crippen LogP contribution in [0.3, 0.4) is 0 Å². The van der Waals surface area contributed by atoms with E-state index >= 15 is 0 Å². The second kappa shape index (κ2) is 71.1. The van der Waals surface area contributed by atoms with E-state index in [4.69, 9.17) is 9.09 Å². The van der Waals surface area contributed by atoms with Crippen LogP contribution >= 0.6 is 0 Å². The van der Waals surface area contributed by atoms with Crippen molar-refractivity contribution in [3.8, 4) is 0 Å². The fourth-order valence-corrected chi connectivity index (χ4v) is 0. The van der Waals surface area contributed by atoms with Gasteiger partial charge in [-0.1, -0.05) is 0 Å². The third kappa shape index (κ3) is 41.5. The van der Waals surface area contributed by atoms with Crippen LogP contribution in [0.4, 0.5) is 0 Å². The van der Waals surface area contributed by atoms with Crippen molar-refractivity contribution in [2.24, 2.45) is 0 Å². The summed E-state index contributed by atoms with van der Waals surface area (Å²) >= 11 is 2.70. The Kier molecular flexibility index (Phi) is 185. The van der Waals surface area contributed by atoms with Crippen molar-refractivity contribution in [2.75, 3.05) is 0 Å². The standard InChI is InChI=1S/3O.Pd.Ru.Y. The average molecular weight is 344 g/mol. The van der Waals surface area contributed by atoms with Gasteiger partial charge in [0.1, 0.15) is 0 Å². The molecule has 0 fully saturated rings. The van der Waals surface area contributed by atoms with Crippen molar-refractivity contribution in [3.63, 3.8) is 0 Å². The van der Waals surface area contributed by atoms with Crippen LogP contribution in [0, 0.1) is 0 Å². The molecule has 6 heteroatoms. The first-order chi connectivity index (χ1) is 3.00. The van der Waals surface area contributed by atoms with E-state index in [1.54, 1.807) is 0 Å². The summed E-state index contributed by atoms with van der Waals surface area (Å²) in [7, 11) is 0. The van der Waals surface area contributed by atoms with Crippen molar-refractivity contribution in [3.05, 3.63) is 0 Å². The molecule has 0 rings (SSSR count). The van der Waals surface area contributed by atoms with Crippen LogP contribution in [-0.4, -0.2) is 0 Å². The number of hydrogen-bond acceptors (Lipinski definition) is 3. The molecule has 3 nitrogen and oxygen atoms in total. The molecule has 0 unspecified atom stereocenters. The molecule has 0 aromatic carbocycles. The van der Waals surface area contributed by atoms with Gasteiger partial charge in [0.15, 0.2) is 0 Å². The van der Waals surface area contributed by atoms with Gasteiger partial charge in [-0.2, -0.15) is 0 Å². The summed E-state index contributed by atoms with van der Waals surface area (Å²) in [6.07, 6.45) is 0. The molecule has 0 heterocycles. The summed E-state index contributed by atoms with van der Waals surface area (Å²) in [5.74, 6) is 0. The maximum atomic E-state index is 8.38. The van der Waals surface area contributed by atoms with Crippen LogP contribution < -0.4 is 0 Å². The van der Waals surface area contributed by atoms with E-state index in [-0.39, 0.29) is 31.0 Å². The molecule has 0 aromatic rings. The molecule has 0 aliphatic heterocycles. The Labute approximate surface area is 76.3 Å². The van der Waals surface area contributed by atoms with E-state index < -0.39 is 0 Å². The molecular weight excluding hydrogens is 344 g/mol. The second-order valence-electron chi connectivity index (χ2n) is 0. The van der Waals surface area contributed by atoms with Gasteiger partial charge in [-0.3, -0.25) is 0 Å². The van der Waals surface area contributed by atoms with E-state index in [1.807, 2.05) is 0 Å². The summed E-state index contributed by atoms with van der Waals surface area (Å²) in [6.45, 7) is 0. The van der Waals surface area contributed by atoms with Crippen LogP contribution in [0.25, 0.3) is 0 Å². The Balaban J connectivity index is -0.0000000225. The fraction of sp³-hybridized carbons (Fsp3) is 0. The molecular formula is O3PdRuY. The molecule has 6 heavy (non-hydrogen) atoms. The quantitative estimate of drug-likeness (QED) is 0.564. The molecule has 0 bridgehead atoms. The van der Waals surface area contributed by atoms with Crippen molar-refractivity contribution in [1.82, 2.24) is 0 Å². The zero-order chi connectivity index (χ0) is 6.00. The summed E-state index contributed by atoms with van der Waals surface area (Å²) in [6, 6.07) is 0. The van der Waals surface area contributed by atoms with Gasteiger partial charge in [-0.05, 0) is 0 Å². The summed E-state index contributed by atoms with van der Waals surface area (Å²) in [5, 5.41) is 0.